The quantitative estimate of drug-likeness (QED) is 0.818. The minimum absolute atomic E-state index is 0.111. The third-order valence-corrected chi connectivity index (χ3v) is 3.30. The van der Waals surface area contributed by atoms with Crippen LogP contribution in [0.1, 0.15) is 5.69 Å². The second-order valence-corrected chi connectivity index (χ2v) is 4.55. The lowest BCUT2D eigenvalue weighted by molar-refractivity contribution is -0.142. The van der Waals surface area contributed by atoms with Crippen LogP contribution in [0, 0.1) is 6.92 Å². The summed E-state index contributed by atoms with van der Waals surface area (Å²) in [6.07, 6.45) is 0. The van der Waals surface area contributed by atoms with Crippen LogP contribution in [0.4, 0.5) is 0 Å². The van der Waals surface area contributed by atoms with Crippen molar-refractivity contribution in [2.24, 2.45) is 0 Å². The first-order chi connectivity index (χ1) is 8.61. The van der Waals surface area contributed by atoms with Gasteiger partial charge in [0.25, 0.3) is 0 Å². The van der Waals surface area contributed by atoms with E-state index in [1.54, 1.807) is 6.07 Å². The third kappa shape index (κ3) is 2.61. The molecule has 2 aromatic rings. The van der Waals surface area contributed by atoms with Gasteiger partial charge in [-0.15, -0.1) is 0 Å². The molecule has 0 N–H and O–H groups in total. The molecule has 0 radical (unpaired) electrons. The number of methoxy groups -OCH3 is 1. The van der Waals surface area contributed by atoms with Crippen LogP contribution in [0.15, 0.2) is 28.7 Å². The number of benzene rings is 1. The van der Waals surface area contributed by atoms with Crippen molar-refractivity contribution < 1.29 is 14.3 Å². The smallest absolute Gasteiger partial charge is 0.343 e. The fourth-order valence-corrected chi connectivity index (χ4v) is 2.14. The highest BCUT2D eigenvalue weighted by Gasteiger charge is 2.09. The summed E-state index contributed by atoms with van der Waals surface area (Å²) in [5.41, 5.74) is 1.84. The Bertz CT molecular complexity index is 598. The normalized spacial score (nSPS) is 10.4. The van der Waals surface area contributed by atoms with Gasteiger partial charge in [0.15, 0.2) is 6.61 Å². The molecule has 18 heavy (non-hydrogen) atoms. The number of pyridine rings is 1. The van der Waals surface area contributed by atoms with Crippen LogP contribution in [0.3, 0.4) is 0 Å². The van der Waals surface area contributed by atoms with Gasteiger partial charge in [0.05, 0.1) is 17.1 Å². The van der Waals surface area contributed by atoms with E-state index in [0.717, 1.165) is 21.1 Å². The van der Waals surface area contributed by atoms with Gasteiger partial charge in [0, 0.05) is 11.1 Å². The Labute approximate surface area is 113 Å². The molecule has 1 aromatic carbocycles. The molecule has 0 fully saturated rings. The van der Waals surface area contributed by atoms with Gasteiger partial charge >= 0.3 is 5.97 Å². The van der Waals surface area contributed by atoms with Crippen LogP contribution in [-0.2, 0) is 9.53 Å². The van der Waals surface area contributed by atoms with Gasteiger partial charge in [-0.25, -0.2) is 4.79 Å². The van der Waals surface area contributed by atoms with E-state index in [1.165, 1.54) is 7.11 Å². The van der Waals surface area contributed by atoms with Gasteiger partial charge in [-0.2, -0.15) is 0 Å². The number of hydrogen-bond donors (Lipinski definition) is 0. The molecule has 94 valence electrons. The number of aromatic nitrogens is 1. The average Bonchev–Trinajstić information content (AvgIpc) is 2.37. The minimum Gasteiger partial charge on any atom is -0.481 e. The number of carbonyl (C=O) groups excluding carboxylic acids is 1. The maximum absolute atomic E-state index is 11.0. The Morgan fingerprint density at radius 1 is 1.33 bits per heavy atom. The van der Waals surface area contributed by atoms with Gasteiger partial charge < -0.3 is 9.47 Å². The zero-order valence-electron chi connectivity index (χ0n) is 10.1. The summed E-state index contributed by atoms with van der Waals surface area (Å²) in [5.74, 6) is 0.183. The first kappa shape index (κ1) is 12.8. The predicted molar refractivity (Wildman–Crippen MR) is 71.7 cm³/mol. The van der Waals surface area contributed by atoms with Crippen LogP contribution in [-0.4, -0.2) is 24.7 Å². The van der Waals surface area contributed by atoms with E-state index in [-0.39, 0.29) is 6.61 Å². The monoisotopic (exact) mass is 309 g/mol. The number of hydrogen-bond acceptors (Lipinski definition) is 4. The molecule has 0 spiro atoms. The standard InChI is InChI=1S/C13H12BrNO3/c1-8-3-4-9-10(15-8)5-6-11(13(9)14)18-7-12(16)17-2/h3-6H,7H2,1-2H3. The molecule has 5 heteroatoms. The van der Waals surface area contributed by atoms with E-state index in [9.17, 15) is 4.79 Å². The van der Waals surface area contributed by atoms with Gasteiger partial charge in [-0.3, -0.25) is 4.98 Å². The average molecular weight is 310 g/mol. The molecule has 1 aromatic heterocycles. The van der Waals surface area contributed by atoms with Crippen LogP contribution < -0.4 is 4.74 Å². The highest BCUT2D eigenvalue weighted by molar-refractivity contribution is 9.10. The molecule has 0 saturated heterocycles. The first-order valence-corrected chi connectivity index (χ1v) is 6.16. The van der Waals surface area contributed by atoms with Crippen molar-refractivity contribution in [2.45, 2.75) is 6.92 Å². The van der Waals surface area contributed by atoms with Crippen LogP contribution in [0.2, 0.25) is 0 Å². The molecule has 0 amide bonds. The lowest BCUT2D eigenvalue weighted by Crippen LogP contribution is -2.12. The minimum atomic E-state index is -0.413. The molecule has 0 atom stereocenters. The maximum Gasteiger partial charge on any atom is 0.343 e. The summed E-state index contributed by atoms with van der Waals surface area (Å²) >= 11 is 3.46. The molecule has 4 nitrogen and oxygen atoms in total. The van der Waals surface area contributed by atoms with Crippen molar-refractivity contribution in [3.63, 3.8) is 0 Å². The Hall–Kier alpha value is -1.62. The van der Waals surface area contributed by atoms with Crippen molar-refractivity contribution in [1.82, 2.24) is 4.98 Å². The van der Waals surface area contributed by atoms with Crippen LogP contribution in [0.25, 0.3) is 10.9 Å². The largest absolute Gasteiger partial charge is 0.481 e. The highest BCUT2D eigenvalue weighted by atomic mass is 79.9. The lowest BCUT2D eigenvalue weighted by Gasteiger charge is -2.09. The maximum atomic E-state index is 11.0. The predicted octanol–water partition coefficient (Wildman–Crippen LogP) is 2.86. The van der Waals surface area contributed by atoms with Crippen molar-refractivity contribution in [3.8, 4) is 5.75 Å². The summed E-state index contributed by atoms with van der Waals surface area (Å²) in [6.45, 7) is 1.83. The molecule has 0 aliphatic rings. The van der Waals surface area contributed by atoms with E-state index < -0.39 is 5.97 Å². The lowest BCUT2D eigenvalue weighted by atomic mass is 10.2. The van der Waals surface area contributed by atoms with E-state index in [2.05, 4.69) is 25.7 Å². The van der Waals surface area contributed by atoms with E-state index in [1.807, 2.05) is 25.1 Å². The van der Waals surface area contributed by atoms with E-state index in [0.29, 0.717) is 5.75 Å². The van der Waals surface area contributed by atoms with Gasteiger partial charge in [-0.05, 0) is 47.1 Å². The van der Waals surface area contributed by atoms with Gasteiger partial charge in [-0.1, -0.05) is 0 Å². The molecular weight excluding hydrogens is 298 g/mol. The SMILES string of the molecule is COC(=O)COc1ccc2nc(C)ccc2c1Br. The Kier molecular flexibility index (Phi) is 3.81. The Morgan fingerprint density at radius 3 is 2.83 bits per heavy atom. The molecule has 1 heterocycles. The van der Waals surface area contributed by atoms with Gasteiger partial charge in [0.2, 0.25) is 0 Å². The summed E-state index contributed by atoms with van der Waals surface area (Å²) < 4.78 is 10.7. The summed E-state index contributed by atoms with van der Waals surface area (Å²) in [5, 5.41) is 0.947. The van der Waals surface area contributed by atoms with Crippen molar-refractivity contribution >= 4 is 32.8 Å². The molecule has 0 unspecified atom stereocenters. The molecule has 2 rings (SSSR count). The second-order valence-electron chi connectivity index (χ2n) is 3.76. The van der Waals surface area contributed by atoms with E-state index in [4.69, 9.17) is 4.74 Å². The third-order valence-electron chi connectivity index (χ3n) is 2.48. The van der Waals surface area contributed by atoms with Crippen LogP contribution in [0.5, 0.6) is 5.75 Å². The summed E-state index contributed by atoms with van der Waals surface area (Å²) in [4.78, 5) is 15.4. The molecule has 0 aliphatic carbocycles. The van der Waals surface area contributed by atoms with Crippen molar-refractivity contribution in [1.29, 1.82) is 0 Å². The van der Waals surface area contributed by atoms with Gasteiger partial charge in [0.1, 0.15) is 5.75 Å². The zero-order chi connectivity index (χ0) is 13.1. The molecule has 0 aliphatic heterocycles. The number of esters is 1. The Morgan fingerprint density at radius 2 is 2.11 bits per heavy atom. The first-order valence-electron chi connectivity index (χ1n) is 5.37. The number of aryl methyl sites for hydroxylation is 1. The zero-order valence-corrected chi connectivity index (χ0v) is 11.7. The van der Waals surface area contributed by atoms with Crippen molar-refractivity contribution in [2.75, 3.05) is 13.7 Å². The number of carbonyl (C=O) groups is 1. The van der Waals surface area contributed by atoms with Crippen LogP contribution >= 0.6 is 15.9 Å². The fraction of sp³-hybridized carbons (Fsp3) is 0.231. The molecule has 0 bridgehead atoms. The summed E-state index contributed by atoms with van der Waals surface area (Å²) in [7, 11) is 1.33. The fourth-order valence-electron chi connectivity index (χ4n) is 1.56. The molecular formula is C13H12BrNO3. The second kappa shape index (κ2) is 5.35. The topological polar surface area (TPSA) is 48.4 Å². The van der Waals surface area contributed by atoms with E-state index >= 15 is 0 Å². The number of rotatable bonds is 3. The number of halogens is 1. The number of ether oxygens (including phenoxy) is 2. The highest BCUT2D eigenvalue weighted by Crippen LogP contribution is 2.32. The van der Waals surface area contributed by atoms with Crippen molar-refractivity contribution in [3.05, 3.63) is 34.4 Å². The molecule has 0 saturated carbocycles. The summed E-state index contributed by atoms with van der Waals surface area (Å²) in [6, 6.07) is 7.53. The number of fused-ring (bicyclic) bond motifs is 1. The Balaban J connectivity index is 2.33. The number of nitrogens with zero attached hydrogens (tertiary/aromatic N) is 1.